The van der Waals surface area contributed by atoms with E-state index in [0.717, 1.165) is 31.3 Å². The van der Waals surface area contributed by atoms with Crippen molar-refractivity contribution in [2.75, 3.05) is 0 Å². The van der Waals surface area contributed by atoms with Crippen LogP contribution in [0.3, 0.4) is 0 Å². The Morgan fingerprint density at radius 3 is 2.29 bits per heavy atom. The molecule has 2 N–H and O–H groups in total. The molecule has 112 valence electrons. The minimum atomic E-state index is -4.31. The third-order valence-electron chi connectivity index (χ3n) is 3.09. The maximum Gasteiger partial charge on any atom is 0.416 e. The molecular formula is C15H12BrF3IN. The molecule has 6 heteroatoms. The second-order valence-electron chi connectivity index (χ2n) is 4.67. The van der Waals surface area contributed by atoms with Crippen molar-refractivity contribution in [3.63, 3.8) is 0 Å². The van der Waals surface area contributed by atoms with Crippen molar-refractivity contribution in [3.05, 3.63) is 67.2 Å². The predicted molar refractivity (Wildman–Crippen MR) is 88.9 cm³/mol. The molecule has 0 bridgehead atoms. The highest BCUT2D eigenvalue weighted by atomic mass is 127. The van der Waals surface area contributed by atoms with Gasteiger partial charge in [0.05, 0.1) is 5.56 Å². The van der Waals surface area contributed by atoms with E-state index >= 15 is 0 Å². The number of benzene rings is 2. The molecule has 0 saturated heterocycles. The summed E-state index contributed by atoms with van der Waals surface area (Å²) in [6, 6.07) is 10.7. The number of rotatable bonds is 3. The van der Waals surface area contributed by atoms with Gasteiger partial charge in [-0.05, 0) is 70.5 Å². The maximum absolute atomic E-state index is 12.5. The molecule has 0 aliphatic rings. The van der Waals surface area contributed by atoms with Gasteiger partial charge in [0.1, 0.15) is 0 Å². The minimum absolute atomic E-state index is 0.272. The Morgan fingerprint density at radius 1 is 1.10 bits per heavy atom. The lowest BCUT2D eigenvalue weighted by Gasteiger charge is -2.15. The number of hydrogen-bond donors (Lipinski definition) is 1. The Bertz CT molecular complexity index is 626. The fourth-order valence-electron chi connectivity index (χ4n) is 1.99. The summed E-state index contributed by atoms with van der Waals surface area (Å²) < 4.78 is 39.5. The first-order valence-electron chi connectivity index (χ1n) is 6.14. The summed E-state index contributed by atoms with van der Waals surface area (Å²) in [5.74, 6) is 0. The molecule has 0 aliphatic heterocycles. The van der Waals surface area contributed by atoms with Gasteiger partial charge >= 0.3 is 6.18 Å². The van der Waals surface area contributed by atoms with Crippen LogP contribution in [0, 0.1) is 3.57 Å². The summed E-state index contributed by atoms with van der Waals surface area (Å²) >= 11 is 5.65. The Hall–Kier alpha value is -0.600. The number of halogens is 5. The van der Waals surface area contributed by atoms with Crippen LogP contribution in [0.5, 0.6) is 0 Å². The summed E-state index contributed by atoms with van der Waals surface area (Å²) in [6.07, 6.45) is -3.82. The van der Waals surface area contributed by atoms with E-state index in [1.165, 1.54) is 12.1 Å². The molecule has 2 aromatic carbocycles. The zero-order valence-corrected chi connectivity index (χ0v) is 14.5. The highest BCUT2D eigenvalue weighted by molar-refractivity contribution is 14.1. The third kappa shape index (κ3) is 4.43. The van der Waals surface area contributed by atoms with Crippen LogP contribution >= 0.6 is 38.5 Å². The molecule has 2 aromatic rings. The third-order valence-corrected chi connectivity index (χ3v) is 4.49. The Morgan fingerprint density at radius 2 is 1.71 bits per heavy atom. The molecule has 0 radical (unpaired) electrons. The maximum atomic E-state index is 12.5. The molecule has 0 fully saturated rings. The van der Waals surface area contributed by atoms with Crippen LogP contribution in [0.2, 0.25) is 0 Å². The van der Waals surface area contributed by atoms with Crippen molar-refractivity contribution in [3.8, 4) is 0 Å². The summed E-state index contributed by atoms with van der Waals surface area (Å²) in [4.78, 5) is 0. The quantitative estimate of drug-likeness (QED) is 0.605. The monoisotopic (exact) mass is 469 g/mol. The van der Waals surface area contributed by atoms with Gasteiger partial charge in [-0.1, -0.05) is 28.1 Å². The van der Waals surface area contributed by atoms with E-state index in [1.807, 2.05) is 18.2 Å². The molecule has 0 aromatic heterocycles. The van der Waals surface area contributed by atoms with Crippen molar-refractivity contribution in [2.45, 2.75) is 18.6 Å². The SMILES string of the molecule is NC(Cc1ccc(C(F)(F)F)cc1)c1cc(I)ccc1Br. The number of hydrogen-bond acceptors (Lipinski definition) is 1. The molecular weight excluding hydrogens is 458 g/mol. The van der Waals surface area contributed by atoms with Crippen molar-refractivity contribution in [1.82, 2.24) is 0 Å². The smallest absolute Gasteiger partial charge is 0.324 e. The van der Waals surface area contributed by atoms with Gasteiger partial charge in [-0.3, -0.25) is 0 Å². The van der Waals surface area contributed by atoms with Crippen LogP contribution in [0.25, 0.3) is 0 Å². The lowest BCUT2D eigenvalue weighted by molar-refractivity contribution is -0.137. The predicted octanol–water partition coefficient (Wildman–Crippen LogP) is 5.32. The summed E-state index contributed by atoms with van der Waals surface area (Å²) in [5, 5.41) is 0. The second-order valence-corrected chi connectivity index (χ2v) is 6.77. The molecule has 0 aliphatic carbocycles. The van der Waals surface area contributed by atoms with Crippen molar-refractivity contribution >= 4 is 38.5 Å². The molecule has 1 nitrogen and oxygen atoms in total. The van der Waals surface area contributed by atoms with Crippen LogP contribution in [0.1, 0.15) is 22.7 Å². The van der Waals surface area contributed by atoms with E-state index in [2.05, 4.69) is 38.5 Å². The second kappa shape index (κ2) is 6.66. The van der Waals surface area contributed by atoms with Gasteiger partial charge in [0, 0.05) is 14.1 Å². The molecule has 0 heterocycles. The molecule has 21 heavy (non-hydrogen) atoms. The zero-order chi connectivity index (χ0) is 15.6. The molecule has 0 spiro atoms. The van der Waals surface area contributed by atoms with E-state index < -0.39 is 11.7 Å². The molecule has 2 rings (SSSR count). The molecule has 0 amide bonds. The normalized spacial score (nSPS) is 13.2. The van der Waals surface area contributed by atoms with E-state index in [9.17, 15) is 13.2 Å². The van der Waals surface area contributed by atoms with Gasteiger partial charge in [0.15, 0.2) is 0 Å². The molecule has 1 atom stereocenters. The Labute approximate surface area is 143 Å². The van der Waals surface area contributed by atoms with Gasteiger partial charge in [-0.2, -0.15) is 13.2 Å². The van der Waals surface area contributed by atoms with E-state index in [0.29, 0.717) is 6.42 Å². The van der Waals surface area contributed by atoms with Crippen LogP contribution in [0.15, 0.2) is 46.9 Å². The number of alkyl halides is 3. The summed E-state index contributed by atoms with van der Waals surface area (Å²) in [6.45, 7) is 0. The van der Waals surface area contributed by atoms with Gasteiger partial charge < -0.3 is 5.73 Å². The topological polar surface area (TPSA) is 26.0 Å². The van der Waals surface area contributed by atoms with Crippen molar-refractivity contribution in [2.24, 2.45) is 5.73 Å². The van der Waals surface area contributed by atoms with Crippen LogP contribution < -0.4 is 5.73 Å². The van der Waals surface area contributed by atoms with Gasteiger partial charge in [0.2, 0.25) is 0 Å². The van der Waals surface area contributed by atoms with Crippen LogP contribution in [-0.2, 0) is 12.6 Å². The highest BCUT2D eigenvalue weighted by Crippen LogP contribution is 2.30. The standard InChI is InChI=1S/C15H12BrF3IN/c16-13-6-5-11(20)8-12(13)14(21)7-9-1-3-10(4-2-9)15(17,18)19/h1-6,8,14H,7,21H2. The first-order chi connectivity index (χ1) is 9.77. The zero-order valence-electron chi connectivity index (χ0n) is 10.8. The van der Waals surface area contributed by atoms with Crippen molar-refractivity contribution < 1.29 is 13.2 Å². The lowest BCUT2D eigenvalue weighted by atomic mass is 9.99. The van der Waals surface area contributed by atoms with E-state index in [4.69, 9.17) is 5.73 Å². The fraction of sp³-hybridized carbons (Fsp3) is 0.200. The van der Waals surface area contributed by atoms with E-state index in [1.54, 1.807) is 0 Å². The van der Waals surface area contributed by atoms with Crippen LogP contribution in [-0.4, -0.2) is 0 Å². The molecule has 0 saturated carbocycles. The largest absolute Gasteiger partial charge is 0.416 e. The summed E-state index contributed by atoms with van der Waals surface area (Å²) in [5.41, 5.74) is 7.25. The average molecular weight is 470 g/mol. The fourth-order valence-corrected chi connectivity index (χ4v) is 3.05. The van der Waals surface area contributed by atoms with Gasteiger partial charge in [0.25, 0.3) is 0 Å². The average Bonchev–Trinajstić information content (AvgIpc) is 2.41. The first kappa shape index (κ1) is 16.8. The Balaban J connectivity index is 2.16. The highest BCUT2D eigenvalue weighted by Gasteiger charge is 2.29. The molecule has 1 unspecified atom stereocenters. The van der Waals surface area contributed by atoms with Crippen LogP contribution in [0.4, 0.5) is 13.2 Å². The lowest BCUT2D eigenvalue weighted by Crippen LogP contribution is -2.14. The number of nitrogens with two attached hydrogens (primary N) is 1. The van der Waals surface area contributed by atoms with E-state index in [-0.39, 0.29) is 6.04 Å². The Kier molecular flexibility index (Phi) is 5.32. The minimum Gasteiger partial charge on any atom is -0.324 e. The summed E-state index contributed by atoms with van der Waals surface area (Å²) in [7, 11) is 0. The van der Waals surface area contributed by atoms with Gasteiger partial charge in [-0.15, -0.1) is 0 Å². The van der Waals surface area contributed by atoms with Gasteiger partial charge in [-0.25, -0.2) is 0 Å². The van der Waals surface area contributed by atoms with Crippen molar-refractivity contribution in [1.29, 1.82) is 0 Å². The first-order valence-corrected chi connectivity index (χ1v) is 8.01.